The SMILES string of the molecule is CCCCOc1ccc(NC(=O)[C@H](CC(=O)O)NC(=O)CNC(=O)c2cccc(N=C(N)N)c2)cc1. The van der Waals surface area contributed by atoms with Crippen molar-refractivity contribution in [1.82, 2.24) is 10.6 Å². The van der Waals surface area contributed by atoms with Crippen LogP contribution in [0.4, 0.5) is 11.4 Å². The number of carboxylic acid groups (broad SMARTS) is 1. The molecule has 0 aliphatic heterocycles. The Kier molecular flexibility index (Phi) is 10.7. The van der Waals surface area contributed by atoms with Crippen LogP contribution >= 0.6 is 0 Å². The standard InChI is InChI=1S/C24H30N6O6/c1-2-3-11-36-18-9-7-16(8-10-18)28-23(35)19(13-21(32)33)30-20(31)14-27-22(34)15-5-4-6-17(12-15)29-24(25)26/h4-10,12,19H,2-3,11,13-14H2,1H3,(H,27,34)(H,28,35)(H,30,31)(H,32,33)(H4,25,26,29)/t19-/m0/s1. The molecule has 3 amide bonds. The highest BCUT2D eigenvalue weighted by Gasteiger charge is 2.24. The number of carbonyl (C=O) groups is 4. The summed E-state index contributed by atoms with van der Waals surface area (Å²) in [6, 6.07) is 11.3. The Morgan fingerprint density at radius 2 is 1.81 bits per heavy atom. The molecule has 192 valence electrons. The predicted octanol–water partition coefficient (Wildman–Crippen LogP) is 1.10. The first kappa shape index (κ1) is 27.6. The van der Waals surface area contributed by atoms with Gasteiger partial charge in [-0.25, -0.2) is 4.99 Å². The minimum Gasteiger partial charge on any atom is -0.494 e. The van der Waals surface area contributed by atoms with Gasteiger partial charge in [0, 0.05) is 11.3 Å². The fraction of sp³-hybridized carbons (Fsp3) is 0.292. The number of aliphatic imine (C=N–C) groups is 1. The summed E-state index contributed by atoms with van der Waals surface area (Å²) >= 11 is 0. The lowest BCUT2D eigenvalue weighted by Crippen LogP contribution is -2.48. The van der Waals surface area contributed by atoms with Gasteiger partial charge in [0.05, 0.1) is 25.3 Å². The van der Waals surface area contributed by atoms with E-state index in [1.807, 2.05) is 0 Å². The average molecular weight is 499 g/mol. The van der Waals surface area contributed by atoms with Crippen LogP contribution in [0, 0.1) is 0 Å². The van der Waals surface area contributed by atoms with Gasteiger partial charge in [-0.2, -0.15) is 0 Å². The van der Waals surface area contributed by atoms with E-state index in [4.69, 9.17) is 21.3 Å². The molecule has 0 heterocycles. The molecule has 36 heavy (non-hydrogen) atoms. The van der Waals surface area contributed by atoms with Crippen LogP contribution in [0.25, 0.3) is 0 Å². The molecule has 8 N–H and O–H groups in total. The molecule has 0 aromatic heterocycles. The number of anilines is 1. The fourth-order valence-electron chi connectivity index (χ4n) is 2.96. The molecule has 0 radical (unpaired) electrons. The van der Waals surface area contributed by atoms with Gasteiger partial charge in [-0.05, 0) is 48.9 Å². The molecule has 0 unspecified atom stereocenters. The van der Waals surface area contributed by atoms with Gasteiger partial charge in [0.25, 0.3) is 5.91 Å². The molecule has 2 rings (SSSR count). The number of aliphatic carboxylic acids is 1. The Morgan fingerprint density at radius 3 is 2.44 bits per heavy atom. The van der Waals surface area contributed by atoms with Crippen LogP contribution in [0.1, 0.15) is 36.5 Å². The van der Waals surface area contributed by atoms with Gasteiger partial charge in [-0.1, -0.05) is 19.4 Å². The molecule has 0 fully saturated rings. The number of hydrogen-bond acceptors (Lipinski definition) is 6. The van der Waals surface area contributed by atoms with E-state index >= 15 is 0 Å². The molecule has 12 nitrogen and oxygen atoms in total. The number of nitrogens with zero attached hydrogens (tertiary/aromatic N) is 1. The van der Waals surface area contributed by atoms with Gasteiger partial charge in [0.2, 0.25) is 11.8 Å². The first-order valence-corrected chi connectivity index (χ1v) is 11.2. The minimum absolute atomic E-state index is 0.175. The molecule has 12 heteroatoms. The number of carboxylic acids is 1. The Morgan fingerprint density at radius 1 is 1.08 bits per heavy atom. The van der Waals surface area contributed by atoms with Gasteiger partial charge in [-0.15, -0.1) is 0 Å². The summed E-state index contributed by atoms with van der Waals surface area (Å²) in [5, 5.41) is 16.5. The molecule has 0 aliphatic carbocycles. The van der Waals surface area contributed by atoms with Crippen molar-refractivity contribution in [3.05, 3.63) is 54.1 Å². The zero-order chi connectivity index (χ0) is 26.5. The monoisotopic (exact) mass is 498 g/mol. The van der Waals surface area contributed by atoms with Crippen LogP contribution in [0.3, 0.4) is 0 Å². The zero-order valence-corrected chi connectivity index (χ0v) is 19.8. The lowest BCUT2D eigenvalue weighted by atomic mass is 10.1. The normalized spacial score (nSPS) is 11.0. The van der Waals surface area contributed by atoms with E-state index in [1.54, 1.807) is 36.4 Å². The first-order chi connectivity index (χ1) is 17.2. The number of nitrogens with one attached hydrogen (secondary N) is 3. The highest BCUT2D eigenvalue weighted by molar-refractivity contribution is 6.00. The molecule has 2 aromatic rings. The van der Waals surface area contributed by atoms with E-state index in [2.05, 4.69) is 27.9 Å². The van der Waals surface area contributed by atoms with Crippen molar-refractivity contribution in [3.63, 3.8) is 0 Å². The lowest BCUT2D eigenvalue weighted by Gasteiger charge is -2.17. The largest absolute Gasteiger partial charge is 0.494 e. The third kappa shape index (κ3) is 9.71. The smallest absolute Gasteiger partial charge is 0.305 e. The van der Waals surface area contributed by atoms with Crippen molar-refractivity contribution in [3.8, 4) is 5.75 Å². The number of ether oxygens (including phenoxy) is 1. The maximum Gasteiger partial charge on any atom is 0.305 e. The van der Waals surface area contributed by atoms with E-state index in [-0.39, 0.29) is 11.5 Å². The van der Waals surface area contributed by atoms with E-state index in [9.17, 15) is 19.2 Å². The Bertz CT molecular complexity index is 1100. The van der Waals surface area contributed by atoms with Gasteiger partial charge in [0.15, 0.2) is 5.96 Å². The number of nitrogens with two attached hydrogens (primary N) is 2. The molecular formula is C24H30N6O6. The second-order valence-electron chi connectivity index (χ2n) is 7.70. The summed E-state index contributed by atoms with van der Waals surface area (Å²) in [4.78, 5) is 52.4. The number of benzene rings is 2. The van der Waals surface area contributed by atoms with E-state index in [0.717, 1.165) is 12.8 Å². The molecule has 2 aromatic carbocycles. The highest BCUT2D eigenvalue weighted by atomic mass is 16.5. The minimum atomic E-state index is -1.36. The van der Waals surface area contributed by atoms with E-state index < -0.39 is 42.7 Å². The summed E-state index contributed by atoms with van der Waals surface area (Å²) < 4.78 is 5.56. The molecule has 0 saturated heterocycles. The van der Waals surface area contributed by atoms with Gasteiger partial charge in [-0.3, -0.25) is 19.2 Å². The van der Waals surface area contributed by atoms with Crippen molar-refractivity contribution >= 4 is 41.0 Å². The van der Waals surface area contributed by atoms with Gasteiger partial charge in [0.1, 0.15) is 11.8 Å². The Hall–Kier alpha value is -4.61. The number of rotatable bonds is 13. The quantitative estimate of drug-likeness (QED) is 0.134. The number of hydrogen-bond donors (Lipinski definition) is 6. The lowest BCUT2D eigenvalue weighted by molar-refractivity contribution is -0.139. The molecular weight excluding hydrogens is 468 g/mol. The maximum absolute atomic E-state index is 12.6. The van der Waals surface area contributed by atoms with Crippen molar-refractivity contribution in [2.45, 2.75) is 32.2 Å². The Balaban J connectivity index is 1.94. The number of amides is 3. The van der Waals surface area contributed by atoms with Crippen molar-refractivity contribution < 1.29 is 29.0 Å². The maximum atomic E-state index is 12.6. The van der Waals surface area contributed by atoms with Crippen LogP contribution in [0.2, 0.25) is 0 Å². The summed E-state index contributed by atoms with van der Waals surface area (Å²) in [6.45, 7) is 2.14. The highest BCUT2D eigenvalue weighted by Crippen LogP contribution is 2.17. The van der Waals surface area contributed by atoms with Crippen LogP contribution in [-0.2, 0) is 14.4 Å². The van der Waals surface area contributed by atoms with Crippen LogP contribution in [-0.4, -0.2) is 54.0 Å². The summed E-state index contributed by atoms with van der Waals surface area (Å²) in [7, 11) is 0. The fourth-order valence-corrected chi connectivity index (χ4v) is 2.96. The zero-order valence-electron chi connectivity index (χ0n) is 19.8. The topological polar surface area (TPSA) is 198 Å². The van der Waals surface area contributed by atoms with Crippen molar-refractivity contribution in [2.24, 2.45) is 16.5 Å². The summed E-state index contributed by atoms with van der Waals surface area (Å²) in [6.07, 6.45) is 1.27. The second kappa shape index (κ2) is 13.9. The molecule has 0 aliphatic rings. The third-order valence-corrected chi connectivity index (χ3v) is 4.69. The number of guanidine groups is 1. The van der Waals surface area contributed by atoms with Crippen LogP contribution < -0.4 is 32.2 Å². The molecule has 0 bridgehead atoms. The summed E-state index contributed by atoms with van der Waals surface area (Å²) in [5.41, 5.74) is 11.6. The van der Waals surface area contributed by atoms with E-state index in [1.165, 1.54) is 12.1 Å². The third-order valence-electron chi connectivity index (χ3n) is 4.69. The van der Waals surface area contributed by atoms with Crippen LogP contribution in [0.15, 0.2) is 53.5 Å². The Labute approximate surface area is 208 Å². The number of unbranched alkanes of at least 4 members (excludes halogenated alkanes) is 1. The van der Waals surface area contributed by atoms with Gasteiger partial charge < -0.3 is 37.3 Å². The molecule has 0 saturated carbocycles. The van der Waals surface area contributed by atoms with E-state index in [0.29, 0.717) is 23.7 Å². The first-order valence-electron chi connectivity index (χ1n) is 11.2. The van der Waals surface area contributed by atoms with Gasteiger partial charge >= 0.3 is 5.97 Å². The number of carbonyl (C=O) groups excluding carboxylic acids is 3. The summed E-state index contributed by atoms with van der Waals surface area (Å²) in [5.74, 6) is -2.87. The van der Waals surface area contributed by atoms with Crippen molar-refractivity contribution in [1.29, 1.82) is 0 Å². The molecule has 0 spiro atoms. The molecule has 1 atom stereocenters. The van der Waals surface area contributed by atoms with Crippen molar-refractivity contribution in [2.75, 3.05) is 18.5 Å². The average Bonchev–Trinajstić information content (AvgIpc) is 2.83. The van der Waals surface area contributed by atoms with Crippen LogP contribution in [0.5, 0.6) is 5.75 Å². The second-order valence-corrected chi connectivity index (χ2v) is 7.70. The predicted molar refractivity (Wildman–Crippen MR) is 134 cm³/mol.